The van der Waals surface area contributed by atoms with E-state index in [9.17, 15) is 40.5 Å². The van der Waals surface area contributed by atoms with Crippen molar-refractivity contribution in [2.75, 3.05) is 20.8 Å². The van der Waals surface area contributed by atoms with Gasteiger partial charge >= 0.3 is 5.97 Å². The largest absolute Gasteiger partial charge is 0.508 e. The molecule has 2 saturated heterocycles. The van der Waals surface area contributed by atoms with Crippen molar-refractivity contribution in [3.63, 3.8) is 0 Å². The average molecular weight is 727 g/mol. The first kappa shape index (κ1) is 38.5. The summed E-state index contributed by atoms with van der Waals surface area (Å²) in [4.78, 5) is 13.0. The van der Waals surface area contributed by atoms with Gasteiger partial charge in [0.15, 0.2) is 23.9 Å². The van der Waals surface area contributed by atoms with Crippen LogP contribution in [0.15, 0.2) is 66.7 Å². The van der Waals surface area contributed by atoms with Crippen LogP contribution in [-0.2, 0) is 23.7 Å². The molecular formula is C37H42O15. The van der Waals surface area contributed by atoms with E-state index in [2.05, 4.69) is 0 Å². The van der Waals surface area contributed by atoms with Gasteiger partial charge in [0.05, 0.1) is 26.9 Å². The van der Waals surface area contributed by atoms with Crippen LogP contribution in [0, 0.1) is 0 Å². The number of carbonyl (C=O) groups is 1. The maximum absolute atomic E-state index is 13.0. The van der Waals surface area contributed by atoms with E-state index in [1.165, 1.54) is 51.5 Å². The van der Waals surface area contributed by atoms with Crippen LogP contribution < -0.4 is 14.2 Å². The fourth-order valence-corrected chi connectivity index (χ4v) is 5.53. The molecule has 0 aliphatic carbocycles. The highest BCUT2D eigenvalue weighted by molar-refractivity contribution is 5.87. The lowest BCUT2D eigenvalue weighted by Crippen LogP contribution is -2.62. The maximum Gasteiger partial charge on any atom is 0.331 e. The van der Waals surface area contributed by atoms with Gasteiger partial charge in [-0.2, -0.15) is 0 Å². The summed E-state index contributed by atoms with van der Waals surface area (Å²) >= 11 is 0. The zero-order valence-electron chi connectivity index (χ0n) is 28.5. The minimum atomic E-state index is -1.78. The Morgan fingerprint density at radius 1 is 0.712 bits per heavy atom. The zero-order valence-corrected chi connectivity index (χ0v) is 28.5. The van der Waals surface area contributed by atoms with Crippen LogP contribution in [0.4, 0.5) is 0 Å². The number of ether oxygens (including phenoxy) is 7. The number of aliphatic hydroxyl groups excluding tert-OH is 5. The molecule has 0 bridgehead atoms. The summed E-state index contributed by atoms with van der Waals surface area (Å²) in [6, 6.07) is 15.8. The lowest BCUT2D eigenvalue weighted by molar-refractivity contribution is -0.319. The molecular weight excluding hydrogens is 684 g/mol. The molecule has 15 heteroatoms. The summed E-state index contributed by atoms with van der Waals surface area (Å²) in [5.74, 6) is -0.170. The first-order chi connectivity index (χ1) is 24.9. The Morgan fingerprint density at radius 3 is 2.12 bits per heavy atom. The maximum atomic E-state index is 13.0. The highest BCUT2D eigenvalue weighted by Crippen LogP contribution is 2.32. The normalized spacial score (nSPS) is 29.2. The van der Waals surface area contributed by atoms with Gasteiger partial charge in [0, 0.05) is 12.1 Å². The van der Waals surface area contributed by atoms with Crippen LogP contribution in [0.1, 0.15) is 23.6 Å². The number of phenolic OH excluding ortho intramolecular Hbond substituents is 2. The van der Waals surface area contributed by atoms with Crippen molar-refractivity contribution in [1.29, 1.82) is 0 Å². The standard InChI is InChI=1S/C37H42O15/c1-19-30(41)32(43)34(45)36(49-19)48-18-28-31(42)33(44)35(52-29(40)13-9-21-8-12-26(39)27(16-21)47-3)37(51-28)50-25-15-22(14-24(17-25)46-2)5-4-20-6-10-23(38)11-7-20/h4-17,19,28,30-39,41-45H,18H2,1-3H3/b5-4+,13-9+/t19-,28+,30-,31+,32+,33-,34+,35+,36+,37+/m0/s1. The monoisotopic (exact) mass is 726 g/mol. The molecule has 5 rings (SSSR count). The summed E-state index contributed by atoms with van der Waals surface area (Å²) in [5.41, 5.74) is 1.91. The predicted molar refractivity (Wildman–Crippen MR) is 183 cm³/mol. The van der Waals surface area contributed by atoms with Crippen molar-refractivity contribution in [3.05, 3.63) is 83.4 Å². The second-order valence-corrected chi connectivity index (χ2v) is 12.2. The molecule has 0 unspecified atom stereocenters. The number of esters is 1. The Labute approximate surface area is 299 Å². The van der Waals surface area contributed by atoms with E-state index in [0.717, 1.165) is 11.6 Å². The van der Waals surface area contributed by atoms with Crippen molar-refractivity contribution in [2.24, 2.45) is 0 Å². The van der Waals surface area contributed by atoms with E-state index >= 15 is 0 Å². The van der Waals surface area contributed by atoms with Gasteiger partial charge in [0.1, 0.15) is 53.9 Å². The molecule has 3 aromatic carbocycles. The fourth-order valence-electron chi connectivity index (χ4n) is 5.53. The third-order valence-corrected chi connectivity index (χ3v) is 8.50. The summed E-state index contributed by atoms with van der Waals surface area (Å²) in [6.07, 6.45) is -8.81. The molecule has 2 heterocycles. The molecule has 52 heavy (non-hydrogen) atoms. The summed E-state index contributed by atoms with van der Waals surface area (Å²) < 4.78 is 39.4. The highest BCUT2D eigenvalue weighted by Gasteiger charge is 2.49. The fraction of sp³-hybridized carbons (Fsp3) is 0.378. The molecule has 10 atom stereocenters. The molecule has 280 valence electrons. The number of carbonyl (C=O) groups excluding carboxylic acids is 1. The van der Waals surface area contributed by atoms with Crippen LogP contribution in [-0.4, -0.2) is 124 Å². The minimum Gasteiger partial charge on any atom is -0.508 e. The minimum absolute atomic E-state index is 0.0957. The van der Waals surface area contributed by atoms with Gasteiger partial charge in [-0.05, 0) is 66.1 Å². The Balaban J connectivity index is 1.38. The van der Waals surface area contributed by atoms with Crippen molar-refractivity contribution in [1.82, 2.24) is 0 Å². The number of benzene rings is 3. The SMILES string of the molecule is COc1cc(/C=C/c2ccc(O)cc2)cc(O[C@@H]2O[C@H](CO[C@@H]3O[C@@H](C)[C@H](O)[C@@H](O)[C@H]3O)[C@@H](O)[C@H](O)[C@H]2OC(=O)/C=C/c2ccc(O)c(OC)c2)c1. The second kappa shape index (κ2) is 17.2. The first-order valence-electron chi connectivity index (χ1n) is 16.3. The number of rotatable bonds is 12. The van der Waals surface area contributed by atoms with Gasteiger partial charge in [-0.15, -0.1) is 0 Å². The van der Waals surface area contributed by atoms with Crippen molar-refractivity contribution in [3.8, 4) is 28.7 Å². The summed E-state index contributed by atoms with van der Waals surface area (Å²) in [6.45, 7) is 0.987. The zero-order chi connectivity index (χ0) is 37.5. The van der Waals surface area contributed by atoms with Crippen LogP contribution in [0.25, 0.3) is 18.2 Å². The van der Waals surface area contributed by atoms with Gasteiger partial charge in [-0.3, -0.25) is 0 Å². The highest BCUT2D eigenvalue weighted by atomic mass is 16.7. The van der Waals surface area contributed by atoms with Gasteiger partial charge in [0.25, 0.3) is 0 Å². The number of aliphatic hydroxyl groups is 5. The second-order valence-electron chi connectivity index (χ2n) is 12.2. The van der Waals surface area contributed by atoms with Crippen LogP contribution in [0.5, 0.6) is 28.7 Å². The molecule has 3 aromatic rings. The Kier molecular flexibility index (Phi) is 12.7. The molecule has 7 N–H and O–H groups in total. The molecule has 0 radical (unpaired) electrons. The van der Waals surface area contributed by atoms with Gasteiger partial charge in [-0.25, -0.2) is 4.79 Å². The molecule has 0 saturated carbocycles. The van der Waals surface area contributed by atoms with Crippen molar-refractivity contribution < 1.29 is 73.7 Å². The molecule has 2 aliphatic rings. The lowest BCUT2D eigenvalue weighted by Gasteiger charge is -2.43. The third-order valence-electron chi connectivity index (χ3n) is 8.50. The van der Waals surface area contributed by atoms with Crippen molar-refractivity contribution in [2.45, 2.75) is 68.3 Å². The van der Waals surface area contributed by atoms with E-state index in [4.69, 9.17) is 33.2 Å². The van der Waals surface area contributed by atoms with E-state index in [1.807, 2.05) is 0 Å². The number of methoxy groups -OCH3 is 2. The predicted octanol–water partition coefficient (Wildman–Crippen LogP) is 1.58. The average Bonchev–Trinajstić information content (AvgIpc) is 3.14. The van der Waals surface area contributed by atoms with Gasteiger partial charge in [-0.1, -0.05) is 30.4 Å². The number of hydrogen-bond donors (Lipinski definition) is 7. The third kappa shape index (κ3) is 9.39. The Hall–Kier alpha value is -4.71. The first-order valence-corrected chi connectivity index (χ1v) is 16.3. The van der Waals surface area contributed by atoms with E-state index in [1.54, 1.807) is 48.6 Å². The smallest absolute Gasteiger partial charge is 0.331 e. The quantitative estimate of drug-likeness (QED) is 0.0800. The van der Waals surface area contributed by atoms with Gasteiger partial charge in [0.2, 0.25) is 6.29 Å². The lowest BCUT2D eigenvalue weighted by atomic mass is 9.98. The van der Waals surface area contributed by atoms with Crippen LogP contribution in [0.2, 0.25) is 0 Å². The molecule has 0 spiro atoms. The van der Waals surface area contributed by atoms with Gasteiger partial charge < -0.3 is 68.9 Å². The molecule has 2 fully saturated rings. The molecule has 15 nitrogen and oxygen atoms in total. The Bertz CT molecular complexity index is 1710. The number of hydrogen-bond acceptors (Lipinski definition) is 15. The molecule has 0 aromatic heterocycles. The number of aromatic hydroxyl groups is 2. The van der Waals surface area contributed by atoms with Crippen LogP contribution >= 0.6 is 0 Å². The van der Waals surface area contributed by atoms with E-state index in [-0.39, 0.29) is 23.0 Å². The summed E-state index contributed by atoms with van der Waals surface area (Å²) in [7, 11) is 2.83. The van der Waals surface area contributed by atoms with Crippen molar-refractivity contribution >= 4 is 24.2 Å². The molecule has 0 amide bonds. The molecule has 2 aliphatic heterocycles. The number of phenols is 2. The van der Waals surface area contributed by atoms with E-state index in [0.29, 0.717) is 16.9 Å². The van der Waals surface area contributed by atoms with E-state index < -0.39 is 74.0 Å². The Morgan fingerprint density at radius 2 is 1.40 bits per heavy atom. The van der Waals surface area contributed by atoms with Crippen LogP contribution in [0.3, 0.4) is 0 Å². The summed E-state index contributed by atoms with van der Waals surface area (Å²) in [5, 5.41) is 72.4. The topological polar surface area (TPSA) is 223 Å².